The maximum atomic E-state index is 11.0. The Balaban J connectivity index is 1.75. The number of halogens is 1. The molecule has 0 bridgehead atoms. The minimum Gasteiger partial charge on any atom is -0.369 e. The van der Waals surface area contributed by atoms with E-state index in [9.17, 15) is 4.79 Å². The first-order valence-electron chi connectivity index (χ1n) is 5.90. The van der Waals surface area contributed by atoms with E-state index >= 15 is 0 Å². The van der Waals surface area contributed by atoms with Crippen molar-refractivity contribution in [2.24, 2.45) is 11.7 Å². The number of nitrogens with one attached hydrogen (secondary N) is 1. The van der Waals surface area contributed by atoms with Gasteiger partial charge in [-0.25, -0.2) is 0 Å². The van der Waals surface area contributed by atoms with Crippen LogP contribution in [0.5, 0.6) is 0 Å². The van der Waals surface area contributed by atoms with E-state index in [1.54, 1.807) is 11.3 Å². The van der Waals surface area contributed by atoms with E-state index < -0.39 is 0 Å². The monoisotopic (exact) mass is 316 g/mol. The fourth-order valence-corrected chi connectivity index (χ4v) is 3.71. The van der Waals surface area contributed by atoms with Crippen molar-refractivity contribution < 1.29 is 4.79 Å². The number of hydrogen-bond acceptors (Lipinski definition) is 3. The molecule has 1 amide bonds. The van der Waals surface area contributed by atoms with Crippen LogP contribution in [-0.2, 0) is 11.3 Å². The predicted molar refractivity (Wildman–Crippen MR) is 73.8 cm³/mol. The number of nitrogens with two attached hydrogens (primary N) is 1. The molecule has 3 nitrogen and oxygen atoms in total. The molecule has 0 spiro atoms. The maximum absolute atomic E-state index is 11.0. The third kappa shape index (κ3) is 3.53. The van der Waals surface area contributed by atoms with Crippen molar-refractivity contribution in [1.29, 1.82) is 0 Å². The molecule has 1 aromatic rings. The molecule has 3 N–H and O–H groups in total. The molecule has 94 valence electrons. The Kier molecular flexibility index (Phi) is 4.59. The zero-order chi connectivity index (χ0) is 12.3. The van der Waals surface area contributed by atoms with E-state index in [1.807, 2.05) is 0 Å². The topological polar surface area (TPSA) is 55.1 Å². The largest absolute Gasteiger partial charge is 0.369 e. The van der Waals surface area contributed by atoms with Gasteiger partial charge in [-0.05, 0) is 52.6 Å². The van der Waals surface area contributed by atoms with Gasteiger partial charge >= 0.3 is 0 Å². The van der Waals surface area contributed by atoms with Gasteiger partial charge in [-0.3, -0.25) is 4.79 Å². The number of primary amides is 1. The van der Waals surface area contributed by atoms with Gasteiger partial charge in [-0.2, -0.15) is 11.3 Å². The summed E-state index contributed by atoms with van der Waals surface area (Å²) < 4.78 is 1.18. The van der Waals surface area contributed by atoms with Crippen LogP contribution in [0.4, 0.5) is 0 Å². The number of amides is 1. The van der Waals surface area contributed by atoms with Crippen molar-refractivity contribution in [1.82, 2.24) is 5.32 Å². The number of hydrogen-bond donors (Lipinski definition) is 2. The highest BCUT2D eigenvalue weighted by atomic mass is 79.9. The molecule has 1 saturated carbocycles. The van der Waals surface area contributed by atoms with Crippen LogP contribution in [-0.4, -0.2) is 11.9 Å². The highest BCUT2D eigenvalue weighted by Crippen LogP contribution is 2.25. The molecule has 0 unspecified atom stereocenters. The van der Waals surface area contributed by atoms with Gasteiger partial charge < -0.3 is 11.1 Å². The lowest BCUT2D eigenvalue weighted by Gasteiger charge is -2.27. The molecule has 1 aliphatic carbocycles. The summed E-state index contributed by atoms with van der Waals surface area (Å²) in [6.45, 7) is 0.899. The Labute approximate surface area is 114 Å². The van der Waals surface area contributed by atoms with Crippen LogP contribution in [0.1, 0.15) is 31.2 Å². The molecule has 0 aliphatic heterocycles. The minimum absolute atomic E-state index is 0.0981. The third-order valence-electron chi connectivity index (χ3n) is 3.40. The van der Waals surface area contributed by atoms with Crippen molar-refractivity contribution >= 4 is 33.2 Å². The molecule has 17 heavy (non-hydrogen) atoms. The smallest absolute Gasteiger partial charge is 0.220 e. The van der Waals surface area contributed by atoms with Gasteiger partial charge in [0.05, 0.1) is 0 Å². The summed E-state index contributed by atoms with van der Waals surface area (Å²) in [5.74, 6) is -0.0371. The number of carbonyl (C=O) groups is 1. The summed E-state index contributed by atoms with van der Waals surface area (Å²) in [6.07, 6.45) is 3.96. The van der Waals surface area contributed by atoms with Crippen LogP contribution in [0, 0.1) is 5.92 Å². The lowest BCUT2D eigenvalue weighted by molar-refractivity contribution is -0.122. The van der Waals surface area contributed by atoms with Crippen molar-refractivity contribution in [3.05, 3.63) is 20.8 Å². The predicted octanol–water partition coefficient (Wildman–Crippen LogP) is 2.64. The Morgan fingerprint density at radius 2 is 2.12 bits per heavy atom. The van der Waals surface area contributed by atoms with Gasteiger partial charge in [-0.15, -0.1) is 0 Å². The SMILES string of the molecule is NC(=O)C1CCC(NCc2cscc2Br)CC1. The zero-order valence-corrected chi connectivity index (χ0v) is 12.0. The first kappa shape index (κ1) is 13.1. The van der Waals surface area contributed by atoms with E-state index in [0.717, 1.165) is 32.2 Å². The summed E-state index contributed by atoms with van der Waals surface area (Å²) in [4.78, 5) is 11.0. The lowest BCUT2D eigenvalue weighted by Crippen LogP contribution is -2.36. The molecule has 1 aromatic heterocycles. The average Bonchev–Trinajstić information content (AvgIpc) is 2.73. The third-order valence-corrected chi connectivity index (χ3v) is 5.23. The Morgan fingerprint density at radius 1 is 1.41 bits per heavy atom. The molecule has 5 heteroatoms. The standard InChI is InChI=1S/C12H17BrN2OS/c13-11-7-17-6-9(11)5-15-10-3-1-8(2-4-10)12(14)16/h6-8,10,15H,1-5H2,(H2,14,16). The second-order valence-corrected chi connectivity index (χ2v) is 6.17. The average molecular weight is 317 g/mol. The molecule has 2 rings (SSSR count). The summed E-state index contributed by atoms with van der Waals surface area (Å²) in [6, 6.07) is 0.525. The molecule has 0 aromatic carbocycles. The molecule has 1 aliphatic rings. The Morgan fingerprint density at radius 3 is 2.65 bits per heavy atom. The fraction of sp³-hybridized carbons (Fsp3) is 0.583. The van der Waals surface area contributed by atoms with Crippen LogP contribution >= 0.6 is 27.3 Å². The van der Waals surface area contributed by atoms with Gasteiger partial charge in [0.2, 0.25) is 5.91 Å². The quantitative estimate of drug-likeness (QED) is 0.897. The van der Waals surface area contributed by atoms with Crippen LogP contribution in [0.2, 0.25) is 0 Å². The summed E-state index contributed by atoms with van der Waals surface area (Å²) in [5, 5.41) is 7.81. The molecular formula is C12H17BrN2OS. The summed E-state index contributed by atoms with van der Waals surface area (Å²) in [7, 11) is 0. The van der Waals surface area contributed by atoms with E-state index in [2.05, 4.69) is 32.0 Å². The van der Waals surface area contributed by atoms with Gasteiger partial charge in [-0.1, -0.05) is 0 Å². The van der Waals surface area contributed by atoms with Crippen LogP contribution in [0.15, 0.2) is 15.2 Å². The Bertz CT molecular complexity index is 386. The molecule has 1 fully saturated rings. The number of thiophene rings is 1. The van der Waals surface area contributed by atoms with E-state index in [1.165, 1.54) is 10.0 Å². The Hall–Kier alpha value is -0.390. The molecule has 0 saturated heterocycles. The second kappa shape index (κ2) is 5.98. The van der Waals surface area contributed by atoms with Gasteiger partial charge in [0.15, 0.2) is 0 Å². The van der Waals surface area contributed by atoms with Crippen molar-refractivity contribution in [2.75, 3.05) is 0 Å². The van der Waals surface area contributed by atoms with E-state index in [4.69, 9.17) is 5.73 Å². The minimum atomic E-state index is -0.135. The van der Waals surface area contributed by atoms with Crippen LogP contribution in [0.25, 0.3) is 0 Å². The highest BCUT2D eigenvalue weighted by Gasteiger charge is 2.24. The molecule has 1 heterocycles. The fourth-order valence-electron chi connectivity index (χ4n) is 2.27. The van der Waals surface area contributed by atoms with Crippen molar-refractivity contribution in [3.8, 4) is 0 Å². The van der Waals surface area contributed by atoms with Gasteiger partial charge in [0, 0.05) is 28.4 Å². The second-order valence-electron chi connectivity index (χ2n) is 4.58. The summed E-state index contributed by atoms with van der Waals surface area (Å²) >= 11 is 5.24. The number of rotatable bonds is 4. The molecule has 0 radical (unpaired) electrons. The maximum Gasteiger partial charge on any atom is 0.220 e. The van der Waals surface area contributed by atoms with Crippen LogP contribution in [0.3, 0.4) is 0 Å². The zero-order valence-electron chi connectivity index (χ0n) is 9.62. The van der Waals surface area contributed by atoms with Crippen LogP contribution < -0.4 is 11.1 Å². The molecular weight excluding hydrogens is 300 g/mol. The van der Waals surface area contributed by atoms with Crippen molar-refractivity contribution in [2.45, 2.75) is 38.3 Å². The lowest BCUT2D eigenvalue weighted by atomic mass is 9.85. The van der Waals surface area contributed by atoms with E-state index in [-0.39, 0.29) is 11.8 Å². The van der Waals surface area contributed by atoms with Crippen molar-refractivity contribution in [3.63, 3.8) is 0 Å². The van der Waals surface area contributed by atoms with Gasteiger partial charge in [0.25, 0.3) is 0 Å². The summed E-state index contributed by atoms with van der Waals surface area (Å²) in [5.41, 5.74) is 6.63. The van der Waals surface area contributed by atoms with E-state index in [0.29, 0.717) is 6.04 Å². The normalized spacial score (nSPS) is 24.8. The highest BCUT2D eigenvalue weighted by molar-refractivity contribution is 9.10. The number of carbonyl (C=O) groups excluding carboxylic acids is 1. The first-order chi connectivity index (χ1) is 8.16. The molecule has 0 atom stereocenters. The van der Waals surface area contributed by atoms with Gasteiger partial charge in [0.1, 0.15) is 0 Å². The first-order valence-corrected chi connectivity index (χ1v) is 7.63.